The molecule has 5 aliphatic rings. The van der Waals surface area contributed by atoms with E-state index in [0.717, 1.165) is 58.3 Å². The van der Waals surface area contributed by atoms with Crippen molar-refractivity contribution in [2.24, 2.45) is 17.3 Å². The molecule has 4 heteroatoms. The molecule has 4 bridgehead atoms. The summed E-state index contributed by atoms with van der Waals surface area (Å²) in [5.41, 5.74) is 0.557. The first kappa shape index (κ1) is 19.4. The van der Waals surface area contributed by atoms with Gasteiger partial charge in [0, 0.05) is 24.0 Å². The highest BCUT2D eigenvalue weighted by molar-refractivity contribution is 5.87. The third-order valence-electron chi connectivity index (χ3n) is 7.47. The number of carbonyl (C=O) groups excluding carboxylic acids is 1. The lowest BCUT2D eigenvalue weighted by atomic mass is 9.52. The molecule has 2 unspecified atom stereocenters. The maximum atomic E-state index is 12.2. The predicted octanol–water partition coefficient (Wildman–Crippen LogP) is 4.81. The molecule has 0 spiro atoms. The summed E-state index contributed by atoms with van der Waals surface area (Å²) in [7, 11) is 0. The number of hydrogen-bond acceptors (Lipinski definition) is 4. The summed E-state index contributed by atoms with van der Waals surface area (Å²) < 4.78 is 18.1. The molecule has 4 aliphatic carbocycles. The summed E-state index contributed by atoms with van der Waals surface area (Å²) in [6.07, 6.45) is 11.3. The summed E-state index contributed by atoms with van der Waals surface area (Å²) in [5, 5.41) is 0. The van der Waals surface area contributed by atoms with Crippen molar-refractivity contribution >= 4 is 5.97 Å². The van der Waals surface area contributed by atoms with E-state index in [9.17, 15) is 4.79 Å². The number of esters is 1. The van der Waals surface area contributed by atoms with E-state index in [-0.39, 0.29) is 17.2 Å². The molecule has 4 saturated carbocycles. The van der Waals surface area contributed by atoms with Crippen LogP contribution < -0.4 is 0 Å². The van der Waals surface area contributed by atoms with Crippen molar-refractivity contribution in [1.29, 1.82) is 0 Å². The van der Waals surface area contributed by atoms with Crippen LogP contribution in [0.15, 0.2) is 12.2 Å². The first-order chi connectivity index (χ1) is 12.9. The lowest BCUT2D eigenvalue weighted by molar-refractivity contribution is -0.233. The second kappa shape index (κ2) is 7.18. The molecule has 152 valence electrons. The third-order valence-corrected chi connectivity index (χ3v) is 7.47. The van der Waals surface area contributed by atoms with Crippen LogP contribution in [-0.2, 0) is 19.0 Å². The Morgan fingerprint density at radius 1 is 1.11 bits per heavy atom. The van der Waals surface area contributed by atoms with Gasteiger partial charge in [-0.1, -0.05) is 19.9 Å². The molecule has 0 aromatic carbocycles. The van der Waals surface area contributed by atoms with Crippen LogP contribution in [-0.4, -0.2) is 37.0 Å². The SMILES string of the molecule is C=C(C)C(=O)OC12CC3CC(CC(OCCCC4(CCC)COC4)(C3)C1)C2. The minimum atomic E-state index is -0.300. The Morgan fingerprint density at radius 3 is 2.33 bits per heavy atom. The van der Waals surface area contributed by atoms with Crippen LogP contribution in [0, 0.1) is 17.3 Å². The predicted molar refractivity (Wildman–Crippen MR) is 104 cm³/mol. The molecule has 27 heavy (non-hydrogen) atoms. The molecule has 4 nitrogen and oxygen atoms in total. The van der Waals surface area contributed by atoms with Gasteiger partial charge in [0.1, 0.15) is 5.60 Å². The van der Waals surface area contributed by atoms with Gasteiger partial charge < -0.3 is 14.2 Å². The van der Waals surface area contributed by atoms with E-state index >= 15 is 0 Å². The van der Waals surface area contributed by atoms with E-state index in [1.54, 1.807) is 6.92 Å². The van der Waals surface area contributed by atoms with Gasteiger partial charge in [-0.15, -0.1) is 0 Å². The van der Waals surface area contributed by atoms with Gasteiger partial charge in [0.05, 0.1) is 18.8 Å². The van der Waals surface area contributed by atoms with Crippen LogP contribution in [0.1, 0.15) is 78.1 Å². The molecule has 0 N–H and O–H groups in total. The highest BCUT2D eigenvalue weighted by atomic mass is 16.6. The van der Waals surface area contributed by atoms with Crippen LogP contribution in [0.25, 0.3) is 0 Å². The van der Waals surface area contributed by atoms with E-state index in [2.05, 4.69) is 13.5 Å². The van der Waals surface area contributed by atoms with Gasteiger partial charge in [-0.25, -0.2) is 4.79 Å². The zero-order valence-corrected chi connectivity index (χ0v) is 17.2. The average Bonchev–Trinajstić information content (AvgIpc) is 2.54. The van der Waals surface area contributed by atoms with Crippen LogP contribution in [0.3, 0.4) is 0 Å². The molecule has 0 amide bonds. The Hall–Kier alpha value is -0.870. The summed E-state index contributed by atoms with van der Waals surface area (Å²) in [4.78, 5) is 12.2. The minimum absolute atomic E-state index is 0.0620. The van der Waals surface area contributed by atoms with Crippen LogP contribution in [0.4, 0.5) is 0 Å². The maximum absolute atomic E-state index is 12.2. The first-order valence-corrected chi connectivity index (χ1v) is 11.0. The first-order valence-electron chi connectivity index (χ1n) is 11.0. The summed E-state index contributed by atoms with van der Waals surface area (Å²) in [5.74, 6) is 1.07. The molecule has 2 atom stereocenters. The second-order valence-electron chi connectivity index (χ2n) is 10.2. The summed E-state index contributed by atoms with van der Waals surface area (Å²) >= 11 is 0. The van der Waals surface area contributed by atoms with E-state index in [0.29, 0.717) is 22.8 Å². The smallest absolute Gasteiger partial charge is 0.333 e. The van der Waals surface area contributed by atoms with Crippen LogP contribution >= 0.6 is 0 Å². The Balaban J connectivity index is 1.35. The number of carbonyl (C=O) groups is 1. The van der Waals surface area contributed by atoms with Gasteiger partial charge in [0.25, 0.3) is 0 Å². The largest absolute Gasteiger partial charge is 0.456 e. The number of ether oxygens (including phenoxy) is 3. The fourth-order valence-corrected chi connectivity index (χ4v) is 6.74. The van der Waals surface area contributed by atoms with Crippen molar-refractivity contribution in [2.75, 3.05) is 19.8 Å². The van der Waals surface area contributed by atoms with Gasteiger partial charge in [-0.3, -0.25) is 0 Å². The Kier molecular flexibility index (Phi) is 5.17. The second-order valence-corrected chi connectivity index (χ2v) is 10.2. The molecule has 1 saturated heterocycles. The summed E-state index contributed by atoms with van der Waals surface area (Å²) in [6.45, 7) is 10.5. The van der Waals surface area contributed by atoms with Crippen molar-refractivity contribution in [1.82, 2.24) is 0 Å². The molecule has 0 radical (unpaired) electrons. The van der Waals surface area contributed by atoms with Gasteiger partial charge in [-0.05, 0) is 70.1 Å². The molecule has 0 aromatic rings. The topological polar surface area (TPSA) is 44.8 Å². The standard InChI is InChI=1S/C23H36O4/c1-4-6-21(15-25-16-21)7-5-8-26-22-10-18-9-19(11-22)13-23(12-18,14-22)27-20(24)17(2)3/h18-19H,2,4-16H2,1,3H3. The van der Waals surface area contributed by atoms with Gasteiger partial charge >= 0.3 is 5.97 Å². The van der Waals surface area contributed by atoms with Crippen LogP contribution in [0.5, 0.6) is 0 Å². The normalized spacial score (nSPS) is 38.4. The van der Waals surface area contributed by atoms with Crippen molar-refractivity contribution in [2.45, 2.75) is 89.3 Å². The Labute approximate surface area is 164 Å². The zero-order chi connectivity index (χ0) is 19.1. The molecule has 1 heterocycles. The van der Waals surface area contributed by atoms with Crippen molar-refractivity contribution in [3.05, 3.63) is 12.2 Å². The number of hydrogen-bond donors (Lipinski definition) is 0. The molecule has 0 aromatic heterocycles. The molecule has 5 fully saturated rings. The highest BCUT2D eigenvalue weighted by Gasteiger charge is 2.60. The lowest BCUT2D eigenvalue weighted by Gasteiger charge is -2.60. The van der Waals surface area contributed by atoms with Gasteiger partial charge in [0.2, 0.25) is 0 Å². The molecular formula is C23H36O4. The fraction of sp³-hybridized carbons (Fsp3) is 0.870. The molecule has 5 rings (SSSR count). The quantitative estimate of drug-likeness (QED) is 0.329. The summed E-state index contributed by atoms with van der Waals surface area (Å²) in [6, 6.07) is 0. The number of rotatable bonds is 9. The minimum Gasteiger partial charge on any atom is -0.456 e. The van der Waals surface area contributed by atoms with Gasteiger partial charge in [-0.2, -0.15) is 0 Å². The van der Waals surface area contributed by atoms with E-state index in [4.69, 9.17) is 14.2 Å². The monoisotopic (exact) mass is 376 g/mol. The molecular weight excluding hydrogens is 340 g/mol. The lowest BCUT2D eigenvalue weighted by Crippen LogP contribution is -2.61. The zero-order valence-electron chi connectivity index (χ0n) is 17.2. The van der Waals surface area contributed by atoms with Crippen LogP contribution in [0.2, 0.25) is 0 Å². The van der Waals surface area contributed by atoms with Gasteiger partial charge in [0.15, 0.2) is 0 Å². The fourth-order valence-electron chi connectivity index (χ4n) is 6.74. The van der Waals surface area contributed by atoms with E-state index in [1.165, 1.54) is 25.7 Å². The highest BCUT2D eigenvalue weighted by Crippen LogP contribution is 2.60. The van der Waals surface area contributed by atoms with E-state index < -0.39 is 0 Å². The van der Waals surface area contributed by atoms with Crippen molar-refractivity contribution < 1.29 is 19.0 Å². The van der Waals surface area contributed by atoms with E-state index in [1.807, 2.05) is 0 Å². The third kappa shape index (κ3) is 3.85. The average molecular weight is 377 g/mol. The molecule has 1 aliphatic heterocycles. The Morgan fingerprint density at radius 2 is 1.78 bits per heavy atom. The van der Waals surface area contributed by atoms with Crippen molar-refractivity contribution in [3.8, 4) is 0 Å². The maximum Gasteiger partial charge on any atom is 0.333 e. The van der Waals surface area contributed by atoms with Crippen molar-refractivity contribution in [3.63, 3.8) is 0 Å². The Bertz CT molecular complexity index is 577.